The Kier molecular flexibility index (Phi) is 3.23. The lowest BCUT2D eigenvalue weighted by Gasteiger charge is -1.98. The predicted octanol–water partition coefficient (Wildman–Crippen LogP) is 2.23. The van der Waals surface area contributed by atoms with Gasteiger partial charge in [-0.25, -0.2) is 4.98 Å². The largest absolute Gasteiger partial charge is 0.296 e. The molecule has 0 bridgehead atoms. The molecule has 0 aliphatic heterocycles. The van der Waals surface area contributed by atoms with E-state index in [0.717, 1.165) is 17.9 Å². The molecule has 0 radical (unpaired) electrons. The Balaban J connectivity index is 2.14. The van der Waals surface area contributed by atoms with Crippen molar-refractivity contribution in [3.63, 3.8) is 0 Å². The number of carbonyl (C=O) groups excluding carboxylic acids is 1. The van der Waals surface area contributed by atoms with Crippen molar-refractivity contribution in [1.82, 2.24) is 14.8 Å². The highest BCUT2D eigenvalue weighted by Crippen LogP contribution is 2.15. The third-order valence-corrected chi connectivity index (χ3v) is 3.23. The fourth-order valence-corrected chi connectivity index (χ4v) is 2.20. The first kappa shape index (κ1) is 11.8. The Morgan fingerprint density at radius 3 is 2.82 bits per heavy atom. The van der Waals surface area contributed by atoms with E-state index in [0.29, 0.717) is 10.8 Å². The van der Waals surface area contributed by atoms with Crippen LogP contribution in [0.15, 0.2) is 11.4 Å². The average molecular weight is 250 g/mol. The van der Waals surface area contributed by atoms with Crippen molar-refractivity contribution in [3.05, 3.63) is 28.5 Å². The zero-order valence-electron chi connectivity index (χ0n) is 10.0. The lowest BCUT2D eigenvalue weighted by molar-refractivity contribution is 0.102. The number of amides is 1. The molecule has 1 N–H and O–H groups in total. The van der Waals surface area contributed by atoms with Crippen LogP contribution in [0.3, 0.4) is 0 Å². The van der Waals surface area contributed by atoms with Crippen molar-refractivity contribution < 1.29 is 4.79 Å². The van der Waals surface area contributed by atoms with Gasteiger partial charge in [-0.1, -0.05) is 0 Å². The SMILES string of the molecule is CCn1nc(C(=O)Nc2nc(C)cs2)cc1C. The average Bonchev–Trinajstić information content (AvgIpc) is 2.85. The number of hydrogen-bond donors (Lipinski definition) is 1. The topological polar surface area (TPSA) is 59.8 Å². The summed E-state index contributed by atoms with van der Waals surface area (Å²) in [7, 11) is 0. The minimum atomic E-state index is -0.213. The maximum atomic E-state index is 11.9. The van der Waals surface area contributed by atoms with Crippen molar-refractivity contribution in [2.75, 3.05) is 5.32 Å². The van der Waals surface area contributed by atoms with Gasteiger partial charge in [-0.05, 0) is 26.8 Å². The lowest BCUT2D eigenvalue weighted by Crippen LogP contribution is -2.13. The molecule has 0 fully saturated rings. The lowest BCUT2D eigenvalue weighted by atomic mass is 10.3. The molecule has 0 aliphatic rings. The highest BCUT2D eigenvalue weighted by atomic mass is 32.1. The van der Waals surface area contributed by atoms with Crippen LogP contribution in [0.5, 0.6) is 0 Å². The minimum absolute atomic E-state index is 0.213. The maximum Gasteiger partial charge on any atom is 0.277 e. The van der Waals surface area contributed by atoms with E-state index >= 15 is 0 Å². The molecule has 0 aliphatic carbocycles. The first-order valence-electron chi connectivity index (χ1n) is 5.38. The van der Waals surface area contributed by atoms with E-state index < -0.39 is 0 Å². The molecule has 1 amide bonds. The van der Waals surface area contributed by atoms with Crippen molar-refractivity contribution in [2.24, 2.45) is 0 Å². The summed E-state index contributed by atoms with van der Waals surface area (Å²) in [5.41, 5.74) is 2.31. The van der Waals surface area contributed by atoms with Gasteiger partial charge in [-0.3, -0.25) is 14.8 Å². The monoisotopic (exact) mass is 250 g/mol. The van der Waals surface area contributed by atoms with E-state index in [2.05, 4.69) is 15.4 Å². The molecule has 90 valence electrons. The highest BCUT2D eigenvalue weighted by molar-refractivity contribution is 7.13. The first-order chi connectivity index (χ1) is 8.10. The molecule has 0 atom stereocenters. The second-order valence-electron chi connectivity index (χ2n) is 3.73. The van der Waals surface area contributed by atoms with Crippen LogP contribution in [-0.4, -0.2) is 20.7 Å². The van der Waals surface area contributed by atoms with Gasteiger partial charge in [-0.2, -0.15) is 5.10 Å². The molecule has 0 unspecified atom stereocenters. The summed E-state index contributed by atoms with van der Waals surface area (Å²) in [4.78, 5) is 16.1. The van der Waals surface area contributed by atoms with Gasteiger partial charge in [0.2, 0.25) is 0 Å². The van der Waals surface area contributed by atoms with Gasteiger partial charge < -0.3 is 0 Å². The quantitative estimate of drug-likeness (QED) is 0.908. The number of rotatable bonds is 3. The van der Waals surface area contributed by atoms with Crippen molar-refractivity contribution in [3.8, 4) is 0 Å². The van der Waals surface area contributed by atoms with E-state index in [4.69, 9.17) is 0 Å². The molecule has 2 aromatic heterocycles. The van der Waals surface area contributed by atoms with E-state index in [1.165, 1.54) is 11.3 Å². The van der Waals surface area contributed by atoms with Crippen LogP contribution in [0.25, 0.3) is 0 Å². The fraction of sp³-hybridized carbons (Fsp3) is 0.364. The van der Waals surface area contributed by atoms with Gasteiger partial charge >= 0.3 is 0 Å². The van der Waals surface area contributed by atoms with Gasteiger partial charge in [0.25, 0.3) is 5.91 Å². The van der Waals surface area contributed by atoms with E-state index in [9.17, 15) is 4.79 Å². The van der Waals surface area contributed by atoms with E-state index in [-0.39, 0.29) is 5.91 Å². The van der Waals surface area contributed by atoms with Gasteiger partial charge in [0.05, 0.1) is 5.69 Å². The van der Waals surface area contributed by atoms with Crippen molar-refractivity contribution >= 4 is 22.4 Å². The summed E-state index contributed by atoms with van der Waals surface area (Å²) >= 11 is 1.41. The molecule has 0 spiro atoms. The first-order valence-corrected chi connectivity index (χ1v) is 6.26. The molecule has 0 saturated carbocycles. The molecule has 17 heavy (non-hydrogen) atoms. The van der Waals surface area contributed by atoms with Crippen LogP contribution < -0.4 is 5.32 Å². The number of anilines is 1. The Labute approximate surface area is 103 Å². The smallest absolute Gasteiger partial charge is 0.277 e. The number of aromatic nitrogens is 3. The van der Waals surface area contributed by atoms with Crippen LogP contribution in [-0.2, 0) is 6.54 Å². The maximum absolute atomic E-state index is 11.9. The number of nitrogens with one attached hydrogen (secondary N) is 1. The summed E-state index contributed by atoms with van der Waals surface area (Å²) in [6.45, 7) is 6.57. The third kappa shape index (κ3) is 2.52. The van der Waals surface area contributed by atoms with Gasteiger partial charge in [-0.15, -0.1) is 11.3 Å². The Hall–Kier alpha value is -1.69. The van der Waals surface area contributed by atoms with Crippen LogP contribution in [0.1, 0.15) is 28.8 Å². The van der Waals surface area contributed by atoms with Crippen LogP contribution in [0.2, 0.25) is 0 Å². The predicted molar refractivity (Wildman–Crippen MR) is 67.4 cm³/mol. The molecule has 6 heteroatoms. The minimum Gasteiger partial charge on any atom is -0.296 e. The summed E-state index contributed by atoms with van der Waals surface area (Å²) in [6.07, 6.45) is 0. The van der Waals surface area contributed by atoms with Crippen molar-refractivity contribution in [2.45, 2.75) is 27.3 Å². The van der Waals surface area contributed by atoms with Gasteiger partial charge in [0, 0.05) is 17.6 Å². The fourth-order valence-electron chi connectivity index (χ4n) is 1.51. The second-order valence-corrected chi connectivity index (χ2v) is 4.59. The number of nitrogens with zero attached hydrogens (tertiary/aromatic N) is 3. The van der Waals surface area contributed by atoms with E-state index in [1.807, 2.05) is 26.2 Å². The highest BCUT2D eigenvalue weighted by Gasteiger charge is 2.13. The number of carbonyl (C=O) groups is 1. The zero-order valence-corrected chi connectivity index (χ0v) is 10.8. The van der Waals surface area contributed by atoms with E-state index in [1.54, 1.807) is 10.7 Å². The molecule has 0 aromatic carbocycles. The summed E-state index contributed by atoms with van der Waals surface area (Å²) in [5.74, 6) is -0.213. The second kappa shape index (κ2) is 4.67. The van der Waals surface area contributed by atoms with Crippen LogP contribution >= 0.6 is 11.3 Å². The Morgan fingerprint density at radius 1 is 1.53 bits per heavy atom. The molecule has 2 aromatic rings. The van der Waals surface area contributed by atoms with Crippen LogP contribution in [0, 0.1) is 13.8 Å². The Morgan fingerprint density at radius 2 is 2.29 bits per heavy atom. The van der Waals surface area contributed by atoms with Gasteiger partial charge in [0.1, 0.15) is 0 Å². The summed E-state index contributed by atoms with van der Waals surface area (Å²) in [5, 5.41) is 9.45. The molecular formula is C11H14N4OS. The van der Waals surface area contributed by atoms with Crippen molar-refractivity contribution in [1.29, 1.82) is 0 Å². The number of aryl methyl sites for hydroxylation is 3. The number of thiazole rings is 1. The zero-order chi connectivity index (χ0) is 12.4. The summed E-state index contributed by atoms with van der Waals surface area (Å²) < 4.78 is 1.79. The van der Waals surface area contributed by atoms with Gasteiger partial charge in [0.15, 0.2) is 10.8 Å². The molecule has 2 heterocycles. The normalized spacial score (nSPS) is 10.5. The molecule has 5 nitrogen and oxygen atoms in total. The van der Waals surface area contributed by atoms with Crippen LogP contribution in [0.4, 0.5) is 5.13 Å². The molecular weight excluding hydrogens is 236 g/mol. The number of hydrogen-bond acceptors (Lipinski definition) is 4. The Bertz CT molecular complexity index is 543. The standard InChI is InChI=1S/C11H14N4OS/c1-4-15-8(3)5-9(14-15)10(16)13-11-12-7(2)6-17-11/h5-6H,4H2,1-3H3,(H,12,13,16). The molecule has 0 saturated heterocycles. The summed E-state index contributed by atoms with van der Waals surface area (Å²) in [6, 6.07) is 1.78. The third-order valence-electron chi connectivity index (χ3n) is 2.35. The molecule has 2 rings (SSSR count).